The Morgan fingerprint density at radius 3 is 2.80 bits per heavy atom. The summed E-state index contributed by atoms with van der Waals surface area (Å²) in [7, 11) is -1.98. The van der Waals surface area contributed by atoms with E-state index in [4.69, 9.17) is 5.73 Å². The van der Waals surface area contributed by atoms with Gasteiger partial charge in [0.2, 0.25) is 5.91 Å². The summed E-state index contributed by atoms with van der Waals surface area (Å²) in [4.78, 5) is 16.2. The highest BCUT2D eigenvalue weighted by Gasteiger charge is 2.32. The monoisotopic (exact) mass is 386 g/mol. The lowest BCUT2D eigenvalue weighted by atomic mass is 10.0. The fraction of sp³-hybridized carbons (Fsp3) is 0.500. The van der Waals surface area contributed by atoms with Gasteiger partial charge in [-0.05, 0) is 31.4 Å². The average molecular weight is 387 g/mol. The Balaban J connectivity index is 0.00000225. The highest BCUT2D eigenvalue weighted by atomic mass is 35.5. The third kappa shape index (κ3) is 3.80. The molecule has 2 aliphatic heterocycles. The van der Waals surface area contributed by atoms with Crippen molar-refractivity contribution in [2.45, 2.75) is 30.2 Å². The molecule has 3 rings (SSSR count). The van der Waals surface area contributed by atoms with E-state index in [2.05, 4.69) is 4.40 Å². The minimum absolute atomic E-state index is 0. The number of hydrogen-bond acceptors (Lipinski definition) is 5. The number of likely N-dealkylation sites (N-methyl/N-ethyl adjacent to an activating group) is 1. The molecular formula is C16H23ClN4O3S. The highest BCUT2D eigenvalue weighted by molar-refractivity contribution is 7.90. The zero-order valence-corrected chi connectivity index (χ0v) is 15.7. The number of halogens is 1. The predicted octanol–water partition coefficient (Wildman–Crippen LogP) is 0.829. The molecule has 1 atom stereocenters. The van der Waals surface area contributed by atoms with E-state index in [0.717, 1.165) is 19.3 Å². The maximum atomic E-state index is 12.6. The largest absolute Gasteiger partial charge is 0.349 e. The van der Waals surface area contributed by atoms with Gasteiger partial charge in [-0.3, -0.25) is 4.79 Å². The molecule has 0 bridgehead atoms. The lowest BCUT2D eigenvalue weighted by molar-refractivity contribution is -0.134. The molecule has 1 fully saturated rings. The third-order valence-corrected chi connectivity index (χ3v) is 5.89. The topological polar surface area (TPSA) is 96.1 Å². The standard InChI is InChI=1S/C16H22N4O3S.ClH/c1-19(11-15(21)20-9-5-4-6-12(20)10-17)16-13-7-2-3-8-14(13)24(22,23)18-16;/h2-3,7-8,12H,4-6,9-11,17H2,1H3;1H. The number of benzene rings is 1. The number of sulfonamides is 1. The first kappa shape index (κ1) is 19.7. The number of carbonyl (C=O) groups is 1. The van der Waals surface area contributed by atoms with Crippen molar-refractivity contribution in [1.29, 1.82) is 0 Å². The van der Waals surface area contributed by atoms with E-state index in [1.54, 1.807) is 30.1 Å². The summed E-state index contributed by atoms with van der Waals surface area (Å²) in [5, 5.41) is 0. The van der Waals surface area contributed by atoms with Gasteiger partial charge in [0.1, 0.15) is 4.90 Å². The van der Waals surface area contributed by atoms with Crippen molar-refractivity contribution in [2.24, 2.45) is 10.1 Å². The Hall–Kier alpha value is -1.64. The highest BCUT2D eigenvalue weighted by Crippen LogP contribution is 2.27. The molecular weight excluding hydrogens is 364 g/mol. The number of rotatable bonds is 3. The van der Waals surface area contributed by atoms with Crippen molar-refractivity contribution < 1.29 is 13.2 Å². The summed E-state index contributed by atoms with van der Waals surface area (Å²) in [5.41, 5.74) is 6.32. The number of carbonyl (C=O) groups excluding carboxylic acids is 1. The maximum Gasteiger partial charge on any atom is 0.285 e. The van der Waals surface area contributed by atoms with Crippen molar-refractivity contribution >= 4 is 34.2 Å². The van der Waals surface area contributed by atoms with Crippen LogP contribution in [0.5, 0.6) is 0 Å². The van der Waals surface area contributed by atoms with Gasteiger partial charge < -0.3 is 15.5 Å². The summed E-state index contributed by atoms with van der Waals surface area (Å²) in [6.45, 7) is 1.24. The zero-order chi connectivity index (χ0) is 17.3. The van der Waals surface area contributed by atoms with Crippen molar-refractivity contribution in [3.8, 4) is 0 Å². The Morgan fingerprint density at radius 1 is 1.36 bits per heavy atom. The number of likely N-dealkylation sites (tertiary alicyclic amines) is 1. The van der Waals surface area contributed by atoms with E-state index in [9.17, 15) is 13.2 Å². The first-order valence-electron chi connectivity index (χ1n) is 8.09. The first-order valence-corrected chi connectivity index (χ1v) is 9.53. The second kappa shape index (κ2) is 7.72. The molecule has 9 heteroatoms. The van der Waals surface area contributed by atoms with Crippen LogP contribution in [0.25, 0.3) is 0 Å². The van der Waals surface area contributed by atoms with Gasteiger partial charge in [0.15, 0.2) is 5.84 Å². The van der Waals surface area contributed by atoms with E-state index < -0.39 is 10.0 Å². The number of nitrogens with two attached hydrogens (primary N) is 1. The SMILES string of the molecule is CN(CC(=O)N1CCCCC1CN)C1=NS(=O)(=O)c2ccccc21.Cl. The van der Waals surface area contributed by atoms with Crippen LogP contribution in [0.1, 0.15) is 24.8 Å². The molecule has 1 aromatic rings. The van der Waals surface area contributed by atoms with Crippen LogP contribution in [0, 0.1) is 0 Å². The fourth-order valence-electron chi connectivity index (χ4n) is 3.31. The minimum atomic E-state index is -3.67. The number of amides is 1. The van der Waals surface area contributed by atoms with Gasteiger partial charge in [-0.2, -0.15) is 8.42 Å². The van der Waals surface area contributed by atoms with Gasteiger partial charge in [-0.1, -0.05) is 12.1 Å². The summed E-state index contributed by atoms with van der Waals surface area (Å²) in [5.74, 6) is 0.275. The zero-order valence-electron chi connectivity index (χ0n) is 14.1. The number of hydrogen-bond donors (Lipinski definition) is 1. The second-order valence-corrected chi connectivity index (χ2v) is 7.79. The van der Waals surface area contributed by atoms with E-state index in [1.807, 2.05) is 4.90 Å². The Labute approximate surface area is 154 Å². The molecule has 2 N–H and O–H groups in total. The van der Waals surface area contributed by atoms with Crippen LogP contribution in [0.3, 0.4) is 0 Å². The number of amidine groups is 1. The Bertz CT molecular complexity index is 781. The molecule has 0 saturated carbocycles. The molecule has 1 unspecified atom stereocenters. The quantitative estimate of drug-likeness (QED) is 0.829. The molecule has 2 aliphatic rings. The van der Waals surface area contributed by atoms with E-state index in [0.29, 0.717) is 24.5 Å². The van der Waals surface area contributed by atoms with Crippen LogP contribution >= 0.6 is 12.4 Å². The van der Waals surface area contributed by atoms with E-state index >= 15 is 0 Å². The van der Waals surface area contributed by atoms with Gasteiger partial charge in [0.25, 0.3) is 10.0 Å². The van der Waals surface area contributed by atoms with Crippen LogP contribution in [0.4, 0.5) is 0 Å². The first-order chi connectivity index (χ1) is 11.4. The molecule has 0 aliphatic carbocycles. The van der Waals surface area contributed by atoms with Gasteiger partial charge >= 0.3 is 0 Å². The molecule has 7 nitrogen and oxygen atoms in total. The van der Waals surface area contributed by atoms with Crippen LogP contribution in [0.15, 0.2) is 33.6 Å². The van der Waals surface area contributed by atoms with Crippen LogP contribution < -0.4 is 5.73 Å². The maximum absolute atomic E-state index is 12.6. The predicted molar refractivity (Wildman–Crippen MR) is 98.4 cm³/mol. The molecule has 138 valence electrons. The number of nitrogens with zero attached hydrogens (tertiary/aromatic N) is 3. The molecule has 0 spiro atoms. The van der Waals surface area contributed by atoms with Crippen LogP contribution in [-0.4, -0.2) is 62.7 Å². The van der Waals surface area contributed by atoms with Crippen molar-refractivity contribution in [1.82, 2.24) is 9.80 Å². The summed E-state index contributed by atoms with van der Waals surface area (Å²) in [6.07, 6.45) is 2.98. The summed E-state index contributed by atoms with van der Waals surface area (Å²) in [6, 6.07) is 6.75. The molecule has 1 aromatic carbocycles. The van der Waals surface area contributed by atoms with Gasteiger partial charge in [-0.15, -0.1) is 16.8 Å². The normalized spacial score (nSPS) is 21.1. The number of piperidine rings is 1. The lowest BCUT2D eigenvalue weighted by Crippen LogP contribution is -2.50. The van der Waals surface area contributed by atoms with Gasteiger partial charge in [0.05, 0.1) is 6.54 Å². The molecule has 1 saturated heterocycles. The molecule has 1 amide bonds. The van der Waals surface area contributed by atoms with Crippen molar-refractivity contribution in [3.05, 3.63) is 29.8 Å². The van der Waals surface area contributed by atoms with Crippen molar-refractivity contribution in [2.75, 3.05) is 26.7 Å². The van der Waals surface area contributed by atoms with Gasteiger partial charge in [-0.25, -0.2) is 0 Å². The fourth-order valence-corrected chi connectivity index (χ4v) is 4.56. The van der Waals surface area contributed by atoms with Crippen LogP contribution in [-0.2, 0) is 14.8 Å². The molecule has 25 heavy (non-hydrogen) atoms. The number of fused-ring (bicyclic) bond motifs is 1. The Morgan fingerprint density at radius 2 is 2.08 bits per heavy atom. The summed E-state index contributed by atoms with van der Waals surface area (Å²) >= 11 is 0. The molecule has 0 aromatic heterocycles. The Kier molecular flexibility index (Phi) is 6.08. The average Bonchev–Trinajstić information content (AvgIpc) is 2.86. The lowest BCUT2D eigenvalue weighted by Gasteiger charge is -2.36. The summed E-state index contributed by atoms with van der Waals surface area (Å²) < 4.78 is 28.1. The van der Waals surface area contributed by atoms with Gasteiger partial charge in [0, 0.05) is 31.7 Å². The molecule has 0 radical (unpaired) electrons. The van der Waals surface area contributed by atoms with Crippen molar-refractivity contribution in [3.63, 3.8) is 0 Å². The second-order valence-electron chi connectivity index (χ2n) is 6.21. The van der Waals surface area contributed by atoms with E-state index in [1.165, 1.54) is 6.07 Å². The van der Waals surface area contributed by atoms with Crippen LogP contribution in [0.2, 0.25) is 0 Å². The minimum Gasteiger partial charge on any atom is -0.349 e. The molecule has 2 heterocycles. The van der Waals surface area contributed by atoms with E-state index in [-0.39, 0.29) is 35.8 Å². The third-order valence-electron chi connectivity index (χ3n) is 4.57. The smallest absolute Gasteiger partial charge is 0.285 e.